The number of carboxylic acids is 1. The predicted octanol–water partition coefficient (Wildman–Crippen LogP) is 3.23. The molecule has 0 aliphatic heterocycles. The zero-order chi connectivity index (χ0) is 15.3. The van der Waals surface area contributed by atoms with Crippen LogP contribution in [-0.4, -0.2) is 23.0 Å². The Kier molecular flexibility index (Phi) is 6.05. The minimum Gasteiger partial charge on any atom is -0.480 e. The molecule has 1 rings (SSSR count). The quantitative estimate of drug-likeness (QED) is 0.820. The van der Waals surface area contributed by atoms with Crippen LogP contribution in [0.2, 0.25) is 10.0 Å². The van der Waals surface area contributed by atoms with Gasteiger partial charge in [-0.25, -0.2) is 4.79 Å². The number of hydrogen-bond acceptors (Lipinski definition) is 2. The van der Waals surface area contributed by atoms with Crippen LogP contribution < -0.4 is 5.32 Å². The third-order valence-corrected chi connectivity index (χ3v) is 3.17. The summed E-state index contributed by atoms with van der Waals surface area (Å²) in [6, 6.07) is 3.97. The molecule has 1 aromatic rings. The molecule has 0 aromatic heterocycles. The molecule has 6 heteroatoms. The molecule has 2 N–H and O–H groups in total. The Morgan fingerprint density at radius 1 is 1.30 bits per heavy atom. The molecule has 1 amide bonds. The number of halogens is 2. The Morgan fingerprint density at radius 3 is 2.45 bits per heavy atom. The van der Waals surface area contributed by atoms with Crippen molar-refractivity contribution in [2.45, 2.75) is 19.9 Å². The fraction of sp³-hybridized carbons (Fsp3) is 0.286. The molecule has 0 radical (unpaired) electrons. The lowest BCUT2D eigenvalue weighted by Gasteiger charge is -2.16. The lowest BCUT2D eigenvalue weighted by atomic mass is 10.0. The molecule has 108 valence electrons. The summed E-state index contributed by atoms with van der Waals surface area (Å²) in [6.07, 6.45) is 2.75. The van der Waals surface area contributed by atoms with Crippen molar-refractivity contribution in [2.24, 2.45) is 5.92 Å². The molecular weight excluding hydrogens is 301 g/mol. The summed E-state index contributed by atoms with van der Waals surface area (Å²) < 4.78 is 0. The van der Waals surface area contributed by atoms with Gasteiger partial charge in [-0.05, 0) is 29.7 Å². The number of hydrogen-bond donors (Lipinski definition) is 2. The van der Waals surface area contributed by atoms with E-state index in [2.05, 4.69) is 5.32 Å². The van der Waals surface area contributed by atoms with Crippen molar-refractivity contribution in [3.63, 3.8) is 0 Å². The van der Waals surface area contributed by atoms with Crippen molar-refractivity contribution in [3.05, 3.63) is 39.9 Å². The van der Waals surface area contributed by atoms with Gasteiger partial charge in [-0.2, -0.15) is 0 Å². The van der Waals surface area contributed by atoms with Crippen molar-refractivity contribution < 1.29 is 14.7 Å². The number of rotatable bonds is 5. The lowest BCUT2D eigenvalue weighted by molar-refractivity contribution is -0.142. The van der Waals surface area contributed by atoms with Gasteiger partial charge in [0.15, 0.2) is 0 Å². The van der Waals surface area contributed by atoms with Gasteiger partial charge in [0.25, 0.3) is 0 Å². The lowest BCUT2D eigenvalue weighted by Crippen LogP contribution is -2.43. The van der Waals surface area contributed by atoms with Crippen LogP contribution in [0.3, 0.4) is 0 Å². The van der Waals surface area contributed by atoms with Crippen LogP contribution >= 0.6 is 23.2 Å². The Bertz CT molecular complexity index is 541. The van der Waals surface area contributed by atoms with E-state index in [0.717, 1.165) is 0 Å². The number of carbonyl (C=O) groups is 2. The van der Waals surface area contributed by atoms with E-state index in [9.17, 15) is 9.59 Å². The maximum Gasteiger partial charge on any atom is 0.326 e. The van der Waals surface area contributed by atoms with Crippen molar-refractivity contribution >= 4 is 41.2 Å². The zero-order valence-electron chi connectivity index (χ0n) is 11.1. The summed E-state index contributed by atoms with van der Waals surface area (Å²) in [6.45, 7) is 3.44. The summed E-state index contributed by atoms with van der Waals surface area (Å²) in [7, 11) is 0. The van der Waals surface area contributed by atoms with Gasteiger partial charge in [-0.3, -0.25) is 4.79 Å². The number of carbonyl (C=O) groups excluding carboxylic acids is 1. The van der Waals surface area contributed by atoms with Gasteiger partial charge in [0, 0.05) is 16.1 Å². The fourth-order valence-electron chi connectivity index (χ4n) is 1.52. The van der Waals surface area contributed by atoms with E-state index in [0.29, 0.717) is 15.6 Å². The Labute approximate surface area is 127 Å². The minimum atomic E-state index is -1.06. The van der Waals surface area contributed by atoms with Gasteiger partial charge >= 0.3 is 5.97 Å². The van der Waals surface area contributed by atoms with Gasteiger partial charge in [0.1, 0.15) is 6.04 Å². The second kappa shape index (κ2) is 7.31. The van der Waals surface area contributed by atoms with Crippen molar-refractivity contribution in [3.8, 4) is 0 Å². The molecule has 4 nitrogen and oxygen atoms in total. The van der Waals surface area contributed by atoms with E-state index in [1.54, 1.807) is 32.0 Å². The van der Waals surface area contributed by atoms with Crippen LogP contribution in [0.4, 0.5) is 0 Å². The summed E-state index contributed by atoms with van der Waals surface area (Å²) in [5.41, 5.74) is 0.627. The monoisotopic (exact) mass is 315 g/mol. The van der Waals surface area contributed by atoms with Crippen LogP contribution in [0.1, 0.15) is 19.4 Å². The highest BCUT2D eigenvalue weighted by molar-refractivity contribution is 6.35. The van der Waals surface area contributed by atoms with Crippen molar-refractivity contribution in [1.29, 1.82) is 0 Å². The third-order valence-electron chi connectivity index (χ3n) is 2.61. The first-order valence-corrected chi connectivity index (χ1v) is 6.73. The highest BCUT2D eigenvalue weighted by atomic mass is 35.5. The van der Waals surface area contributed by atoms with Crippen LogP contribution in [-0.2, 0) is 9.59 Å². The summed E-state index contributed by atoms with van der Waals surface area (Å²) in [5, 5.41) is 12.3. The molecule has 0 aliphatic rings. The second-order valence-corrected chi connectivity index (χ2v) is 5.41. The smallest absolute Gasteiger partial charge is 0.326 e. The number of aliphatic carboxylic acids is 1. The van der Waals surface area contributed by atoms with Crippen molar-refractivity contribution in [1.82, 2.24) is 5.32 Å². The van der Waals surface area contributed by atoms with Crippen LogP contribution in [0, 0.1) is 5.92 Å². The summed E-state index contributed by atoms with van der Waals surface area (Å²) in [5.74, 6) is -1.76. The molecular formula is C14H15Cl2NO3. The molecule has 1 aromatic carbocycles. The molecule has 0 saturated heterocycles. The molecule has 0 unspecified atom stereocenters. The minimum absolute atomic E-state index is 0.205. The molecule has 0 fully saturated rings. The fourth-order valence-corrected chi connectivity index (χ4v) is 1.99. The standard InChI is InChI=1S/C14H15Cl2NO3/c1-8(2)13(14(19)20)17-12(18)6-4-9-3-5-10(15)7-11(9)16/h3-8,13H,1-2H3,(H,17,18)(H,19,20)/b6-4+/t13-/m1/s1. The van der Waals surface area contributed by atoms with E-state index in [1.165, 1.54) is 12.2 Å². The molecule has 1 atom stereocenters. The largest absolute Gasteiger partial charge is 0.480 e. The third kappa shape index (κ3) is 4.87. The first kappa shape index (κ1) is 16.5. The second-order valence-electron chi connectivity index (χ2n) is 4.57. The van der Waals surface area contributed by atoms with Gasteiger partial charge < -0.3 is 10.4 Å². The molecule has 20 heavy (non-hydrogen) atoms. The van der Waals surface area contributed by atoms with E-state index in [4.69, 9.17) is 28.3 Å². The first-order chi connectivity index (χ1) is 9.31. The van der Waals surface area contributed by atoms with E-state index < -0.39 is 17.9 Å². The number of benzene rings is 1. The number of carboxylic acid groups (broad SMARTS) is 1. The maximum atomic E-state index is 11.7. The van der Waals surface area contributed by atoms with E-state index >= 15 is 0 Å². The van der Waals surface area contributed by atoms with Gasteiger partial charge in [0.05, 0.1) is 0 Å². The van der Waals surface area contributed by atoms with Gasteiger partial charge in [-0.1, -0.05) is 43.1 Å². The average molecular weight is 316 g/mol. The SMILES string of the molecule is CC(C)[C@@H](NC(=O)/C=C/c1ccc(Cl)cc1Cl)C(=O)O. The predicted molar refractivity (Wildman–Crippen MR) is 79.9 cm³/mol. The van der Waals surface area contributed by atoms with Crippen LogP contribution in [0.15, 0.2) is 24.3 Å². The Hall–Kier alpha value is -1.52. The Balaban J connectivity index is 2.75. The van der Waals surface area contributed by atoms with Crippen molar-refractivity contribution in [2.75, 3.05) is 0 Å². The number of amides is 1. The zero-order valence-corrected chi connectivity index (χ0v) is 12.6. The molecule has 0 spiro atoms. The molecule has 0 aliphatic carbocycles. The molecule has 0 bridgehead atoms. The van der Waals surface area contributed by atoms with Gasteiger partial charge in [0.2, 0.25) is 5.91 Å². The number of nitrogens with one attached hydrogen (secondary N) is 1. The van der Waals surface area contributed by atoms with E-state index in [1.807, 2.05) is 0 Å². The first-order valence-electron chi connectivity index (χ1n) is 5.97. The normalized spacial score (nSPS) is 12.7. The maximum absolute atomic E-state index is 11.7. The van der Waals surface area contributed by atoms with Gasteiger partial charge in [-0.15, -0.1) is 0 Å². The molecule has 0 saturated carbocycles. The topological polar surface area (TPSA) is 66.4 Å². The van der Waals surface area contributed by atoms with Crippen LogP contribution in [0.5, 0.6) is 0 Å². The summed E-state index contributed by atoms with van der Waals surface area (Å²) >= 11 is 11.7. The molecule has 0 heterocycles. The highest BCUT2D eigenvalue weighted by Gasteiger charge is 2.22. The Morgan fingerprint density at radius 2 is 1.95 bits per heavy atom. The van der Waals surface area contributed by atoms with Crippen LogP contribution in [0.25, 0.3) is 6.08 Å². The summed E-state index contributed by atoms with van der Waals surface area (Å²) in [4.78, 5) is 22.7. The average Bonchev–Trinajstić information content (AvgIpc) is 2.34. The van der Waals surface area contributed by atoms with E-state index in [-0.39, 0.29) is 5.92 Å². The highest BCUT2D eigenvalue weighted by Crippen LogP contribution is 2.21.